The third-order valence-electron chi connectivity index (χ3n) is 3.61. The van der Waals surface area contributed by atoms with Crippen LogP contribution >= 0.6 is 11.6 Å². The lowest BCUT2D eigenvalue weighted by molar-refractivity contribution is 0.328. The van der Waals surface area contributed by atoms with Gasteiger partial charge in [-0.05, 0) is 37.8 Å². The van der Waals surface area contributed by atoms with Gasteiger partial charge < -0.3 is 11.1 Å². The summed E-state index contributed by atoms with van der Waals surface area (Å²) in [6, 6.07) is 3.92. The Bertz CT molecular complexity index is 375. The van der Waals surface area contributed by atoms with Crippen LogP contribution in [-0.2, 0) is 0 Å². The molecule has 0 spiro atoms. The van der Waals surface area contributed by atoms with Crippen LogP contribution < -0.4 is 11.1 Å². The van der Waals surface area contributed by atoms with Crippen molar-refractivity contribution in [1.29, 1.82) is 0 Å². The fraction of sp³-hybridized carbons (Fsp3) is 0.615. The van der Waals surface area contributed by atoms with Crippen molar-refractivity contribution >= 4 is 23.1 Å². The van der Waals surface area contributed by atoms with Crippen molar-refractivity contribution < 1.29 is 0 Å². The highest BCUT2D eigenvalue weighted by Gasteiger charge is 2.20. The smallest absolute Gasteiger partial charge is 0.151 e. The van der Waals surface area contributed by atoms with Crippen LogP contribution in [0.25, 0.3) is 0 Å². The van der Waals surface area contributed by atoms with E-state index in [1.165, 1.54) is 32.1 Å². The number of anilines is 2. The lowest BCUT2D eigenvalue weighted by Crippen LogP contribution is -2.28. The molecule has 1 aliphatic carbocycles. The molecule has 3 N–H and O–H groups in total. The first-order chi connectivity index (χ1) is 8.16. The molecular formula is C13H20ClN3. The highest BCUT2D eigenvalue weighted by molar-refractivity contribution is 6.29. The molecule has 2 rings (SSSR count). The summed E-state index contributed by atoms with van der Waals surface area (Å²) < 4.78 is 0. The van der Waals surface area contributed by atoms with E-state index in [1.54, 1.807) is 12.1 Å². The molecule has 1 aromatic heterocycles. The van der Waals surface area contributed by atoms with Crippen molar-refractivity contribution in [2.24, 2.45) is 5.92 Å². The summed E-state index contributed by atoms with van der Waals surface area (Å²) >= 11 is 5.88. The van der Waals surface area contributed by atoms with E-state index in [0.717, 1.165) is 11.7 Å². The Morgan fingerprint density at radius 2 is 2.06 bits per heavy atom. The molecule has 4 heteroatoms. The van der Waals surface area contributed by atoms with E-state index in [4.69, 9.17) is 17.3 Å². The van der Waals surface area contributed by atoms with Crippen LogP contribution in [-0.4, -0.2) is 11.0 Å². The van der Waals surface area contributed by atoms with E-state index >= 15 is 0 Å². The molecule has 0 radical (unpaired) electrons. The van der Waals surface area contributed by atoms with Gasteiger partial charge in [0.2, 0.25) is 0 Å². The van der Waals surface area contributed by atoms with Gasteiger partial charge >= 0.3 is 0 Å². The van der Waals surface area contributed by atoms with E-state index in [0.29, 0.717) is 16.9 Å². The van der Waals surface area contributed by atoms with Gasteiger partial charge in [0.1, 0.15) is 5.15 Å². The van der Waals surface area contributed by atoms with Crippen LogP contribution in [0.5, 0.6) is 0 Å². The molecule has 1 fully saturated rings. The van der Waals surface area contributed by atoms with Gasteiger partial charge in [-0.3, -0.25) is 0 Å². The third kappa shape index (κ3) is 3.25. The molecular weight excluding hydrogens is 234 g/mol. The summed E-state index contributed by atoms with van der Waals surface area (Å²) in [5.74, 6) is 1.44. The van der Waals surface area contributed by atoms with Gasteiger partial charge in [-0.15, -0.1) is 0 Å². The quantitative estimate of drug-likeness (QED) is 0.808. The number of nitrogen functional groups attached to an aromatic ring is 1. The average molecular weight is 254 g/mol. The number of pyridine rings is 1. The topological polar surface area (TPSA) is 50.9 Å². The Morgan fingerprint density at radius 3 is 2.76 bits per heavy atom. The van der Waals surface area contributed by atoms with Gasteiger partial charge in [0.05, 0.1) is 5.69 Å². The molecule has 1 aliphatic rings. The van der Waals surface area contributed by atoms with Crippen LogP contribution in [0, 0.1) is 5.92 Å². The first-order valence-electron chi connectivity index (χ1n) is 6.35. The van der Waals surface area contributed by atoms with Gasteiger partial charge in [0.25, 0.3) is 0 Å². The molecule has 1 aromatic rings. The Hall–Kier alpha value is -0.960. The van der Waals surface area contributed by atoms with Crippen molar-refractivity contribution in [3.05, 3.63) is 17.3 Å². The Balaban J connectivity index is 2.01. The molecule has 1 heterocycles. The summed E-state index contributed by atoms with van der Waals surface area (Å²) in [6.07, 6.45) is 6.66. The summed E-state index contributed by atoms with van der Waals surface area (Å²) in [5, 5.41) is 3.88. The largest absolute Gasteiger partial charge is 0.396 e. The van der Waals surface area contributed by atoms with Gasteiger partial charge in [0, 0.05) is 6.04 Å². The first kappa shape index (κ1) is 12.5. The van der Waals surface area contributed by atoms with E-state index in [2.05, 4.69) is 17.2 Å². The van der Waals surface area contributed by atoms with Crippen molar-refractivity contribution in [3.63, 3.8) is 0 Å². The maximum Gasteiger partial charge on any atom is 0.151 e. The normalized spacial score (nSPS) is 18.9. The molecule has 17 heavy (non-hydrogen) atoms. The van der Waals surface area contributed by atoms with Crippen LogP contribution in [0.3, 0.4) is 0 Å². The number of hydrogen-bond donors (Lipinski definition) is 2. The number of rotatable bonds is 3. The summed E-state index contributed by atoms with van der Waals surface area (Å²) in [4.78, 5) is 4.24. The van der Waals surface area contributed by atoms with Crippen molar-refractivity contribution in [3.8, 4) is 0 Å². The minimum atomic E-state index is 0.406. The number of aromatic nitrogens is 1. The van der Waals surface area contributed by atoms with E-state index in [-0.39, 0.29) is 0 Å². The van der Waals surface area contributed by atoms with Crippen molar-refractivity contribution in [2.75, 3.05) is 11.1 Å². The number of nitrogens with one attached hydrogen (secondary N) is 1. The lowest BCUT2D eigenvalue weighted by atomic mass is 9.84. The van der Waals surface area contributed by atoms with Gasteiger partial charge in [-0.25, -0.2) is 4.98 Å². The molecule has 0 aromatic carbocycles. The van der Waals surface area contributed by atoms with Crippen molar-refractivity contribution in [2.45, 2.75) is 45.1 Å². The van der Waals surface area contributed by atoms with Crippen LogP contribution in [0.4, 0.5) is 11.5 Å². The van der Waals surface area contributed by atoms with E-state index in [1.807, 2.05) is 0 Å². The van der Waals surface area contributed by atoms with Gasteiger partial charge in [0.15, 0.2) is 5.82 Å². The second-order valence-corrected chi connectivity index (χ2v) is 5.29. The van der Waals surface area contributed by atoms with E-state index < -0.39 is 0 Å². The summed E-state index contributed by atoms with van der Waals surface area (Å²) in [5.41, 5.74) is 6.55. The molecule has 0 aliphatic heterocycles. The fourth-order valence-corrected chi connectivity index (χ4v) is 2.68. The fourth-order valence-electron chi connectivity index (χ4n) is 2.53. The summed E-state index contributed by atoms with van der Waals surface area (Å²) in [6.45, 7) is 2.21. The zero-order valence-corrected chi connectivity index (χ0v) is 11.0. The molecule has 0 bridgehead atoms. The number of nitrogens with zero attached hydrogens (tertiary/aromatic N) is 1. The standard InChI is InChI=1S/C13H20ClN3/c1-9(10-5-3-2-4-6-10)16-13-11(15)7-8-12(14)17-13/h7-10H,2-6,15H2,1H3,(H,16,17). The Morgan fingerprint density at radius 1 is 1.35 bits per heavy atom. The molecule has 1 unspecified atom stereocenters. The van der Waals surface area contributed by atoms with Crippen LogP contribution in [0.15, 0.2) is 12.1 Å². The zero-order valence-electron chi connectivity index (χ0n) is 10.2. The zero-order chi connectivity index (χ0) is 12.3. The van der Waals surface area contributed by atoms with Crippen LogP contribution in [0.2, 0.25) is 5.15 Å². The second kappa shape index (κ2) is 5.58. The van der Waals surface area contributed by atoms with Gasteiger partial charge in [-0.1, -0.05) is 30.9 Å². The lowest BCUT2D eigenvalue weighted by Gasteiger charge is -2.28. The highest BCUT2D eigenvalue weighted by Crippen LogP contribution is 2.29. The second-order valence-electron chi connectivity index (χ2n) is 4.90. The molecule has 94 valence electrons. The van der Waals surface area contributed by atoms with E-state index in [9.17, 15) is 0 Å². The third-order valence-corrected chi connectivity index (χ3v) is 3.82. The molecule has 0 amide bonds. The maximum absolute atomic E-state index is 5.88. The minimum Gasteiger partial charge on any atom is -0.396 e. The molecule has 1 atom stereocenters. The molecule has 1 saturated carbocycles. The number of halogens is 1. The monoisotopic (exact) mass is 253 g/mol. The highest BCUT2D eigenvalue weighted by atomic mass is 35.5. The number of nitrogens with two attached hydrogens (primary N) is 1. The number of hydrogen-bond acceptors (Lipinski definition) is 3. The van der Waals surface area contributed by atoms with Gasteiger partial charge in [-0.2, -0.15) is 0 Å². The first-order valence-corrected chi connectivity index (χ1v) is 6.73. The summed E-state index contributed by atoms with van der Waals surface area (Å²) in [7, 11) is 0. The SMILES string of the molecule is CC(Nc1nc(Cl)ccc1N)C1CCCCC1. The van der Waals surface area contributed by atoms with Crippen LogP contribution in [0.1, 0.15) is 39.0 Å². The van der Waals surface area contributed by atoms with Crippen molar-refractivity contribution in [1.82, 2.24) is 4.98 Å². The minimum absolute atomic E-state index is 0.406. The molecule has 0 saturated heterocycles. The maximum atomic E-state index is 5.88. The Labute approximate surface area is 108 Å². The predicted octanol–water partition coefficient (Wildman–Crippen LogP) is 3.70. The average Bonchev–Trinajstić information content (AvgIpc) is 2.35. The molecule has 3 nitrogen and oxygen atoms in total. The predicted molar refractivity (Wildman–Crippen MR) is 73.3 cm³/mol. The Kier molecular flexibility index (Phi) is 4.11.